The van der Waals surface area contributed by atoms with E-state index in [4.69, 9.17) is 10.2 Å². The quantitative estimate of drug-likeness (QED) is 0.852. The first-order valence-corrected chi connectivity index (χ1v) is 8.10. The molecule has 1 heterocycles. The van der Waals surface area contributed by atoms with Gasteiger partial charge in [0.2, 0.25) is 10.0 Å². The maximum atomic E-state index is 12.5. The van der Waals surface area contributed by atoms with Gasteiger partial charge in [-0.05, 0) is 53.2 Å². The number of aryl methyl sites for hydroxylation is 1. The van der Waals surface area contributed by atoms with Crippen molar-refractivity contribution in [3.63, 3.8) is 0 Å². The van der Waals surface area contributed by atoms with E-state index < -0.39 is 10.0 Å². The fourth-order valence-electron chi connectivity index (χ4n) is 1.76. The summed E-state index contributed by atoms with van der Waals surface area (Å²) in [5.74, 6) is 1.34. The number of anilines is 1. The zero-order chi connectivity index (χ0) is 14.9. The zero-order valence-electron chi connectivity index (χ0n) is 11.1. The molecule has 1 aromatic carbocycles. The standard InChI is InChI=1S/C13H15BrN2O3S/c1-9-3-5-11(19-9)8-16(2)20(17,18)13-7-10(15)4-6-12(13)14/h3-7H,8,15H2,1-2H3. The zero-order valence-corrected chi connectivity index (χ0v) is 13.5. The largest absolute Gasteiger partial charge is 0.465 e. The van der Waals surface area contributed by atoms with Gasteiger partial charge in [-0.25, -0.2) is 8.42 Å². The second kappa shape index (κ2) is 5.59. The number of nitrogen functional groups attached to an aromatic ring is 1. The van der Waals surface area contributed by atoms with Gasteiger partial charge in [0.05, 0.1) is 11.4 Å². The highest BCUT2D eigenvalue weighted by Gasteiger charge is 2.24. The van der Waals surface area contributed by atoms with Crippen molar-refractivity contribution in [1.82, 2.24) is 4.31 Å². The van der Waals surface area contributed by atoms with E-state index in [1.807, 2.05) is 6.92 Å². The predicted octanol–water partition coefficient (Wildman–Crippen LogP) is 2.75. The molecule has 108 valence electrons. The summed E-state index contributed by atoms with van der Waals surface area (Å²) in [6, 6.07) is 8.25. The molecule has 20 heavy (non-hydrogen) atoms. The molecule has 0 saturated heterocycles. The van der Waals surface area contributed by atoms with E-state index in [1.165, 1.54) is 17.4 Å². The van der Waals surface area contributed by atoms with Crippen molar-refractivity contribution < 1.29 is 12.8 Å². The highest BCUT2D eigenvalue weighted by molar-refractivity contribution is 9.10. The van der Waals surface area contributed by atoms with Crippen molar-refractivity contribution in [1.29, 1.82) is 0 Å². The van der Waals surface area contributed by atoms with Crippen LogP contribution in [0.5, 0.6) is 0 Å². The minimum absolute atomic E-state index is 0.142. The highest BCUT2D eigenvalue weighted by atomic mass is 79.9. The first kappa shape index (κ1) is 15.1. The average molecular weight is 359 g/mol. The molecular formula is C13H15BrN2O3S. The van der Waals surface area contributed by atoms with Crippen molar-refractivity contribution in [3.8, 4) is 0 Å². The van der Waals surface area contributed by atoms with Gasteiger partial charge in [-0.2, -0.15) is 4.31 Å². The Morgan fingerprint density at radius 2 is 2.00 bits per heavy atom. The monoisotopic (exact) mass is 358 g/mol. The van der Waals surface area contributed by atoms with Crippen molar-refractivity contribution in [2.45, 2.75) is 18.4 Å². The Labute approximate surface area is 126 Å². The van der Waals surface area contributed by atoms with Crippen molar-refractivity contribution in [2.24, 2.45) is 0 Å². The van der Waals surface area contributed by atoms with Crippen LogP contribution in [0.2, 0.25) is 0 Å². The lowest BCUT2D eigenvalue weighted by molar-refractivity contribution is 0.397. The summed E-state index contributed by atoms with van der Waals surface area (Å²) >= 11 is 3.24. The second-order valence-corrected chi connectivity index (χ2v) is 7.33. The molecule has 5 nitrogen and oxygen atoms in total. The molecule has 2 N–H and O–H groups in total. The third-order valence-electron chi connectivity index (χ3n) is 2.82. The van der Waals surface area contributed by atoms with Crippen LogP contribution >= 0.6 is 15.9 Å². The van der Waals surface area contributed by atoms with Gasteiger partial charge in [-0.3, -0.25) is 0 Å². The summed E-state index contributed by atoms with van der Waals surface area (Å²) in [7, 11) is -2.13. The maximum Gasteiger partial charge on any atom is 0.244 e. The Balaban J connectivity index is 2.32. The lowest BCUT2D eigenvalue weighted by atomic mass is 10.3. The molecule has 0 fully saturated rings. The predicted molar refractivity (Wildman–Crippen MR) is 80.7 cm³/mol. The molecule has 0 atom stereocenters. The van der Waals surface area contributed by atoms with E-state index in [0.29, 0.717) is 15.9 Å². The van der Waals surface area contributed by atoms with E-state index in [2.05, 4.69) is 15.9 Å². The summed E-state index contributed by atoms with van der Waals surface area (Å²) in [6.45, 7) is 1.98. The summed E-state index contributed by atoms with van der Waals surface area (Å²) in [5, 5.41) is 0. The number of rotatable bonds is 4. The molecule has 0 aliphatic rings. The van der Waals surface area contributed by atoms with Crippen LogP contribution in [0.1, 0.15) is 11.5 Å². The Kier molecular flexibility index (Phi) is 4.22. The number of furan rings is 1. The third-order valence-corrected chi connectivity index (χ3v) is 5.62. The van der Waals surface area contributed by atoms with Crippen molar-refractivity contribution in [3.05, 3.63) is 46.3 Å². The van der Waals surface area contributed by atoms with Crippen molar-refractivity contribution in [2.75, 3.05) is 12.8 Å². The Bertz CT molecular complexity index is 725. The number of hydrogen-bond donors (Lipinski definition) is 1. The summed E-state index contributed by atoms with van der Waals surface area (Å²) in [6.07, 6.45) is 0. The second-order valence-electron chi connectivity index (χ2n) is 4.46. The minimum atomic E-state index is -3.63. The van der Waals surface area contributed by atoms with E-state index >= 15 is 0 Å². The van der Waals surface area contributed by atoms with Gasteiger partial charge >= 0.3 is 0 Å². The Hall–Kier alpha value is -1.31. The molecule has 0 radical (unpaired) electrons. The lowest BCUT2D eigenvalue weighted by Gasteiger charge is -2.17. The van der Waals surface area contributed by atoms with E-state index in [-0.39, 0.29) is 11.4 Å². The molecule has 0 aliphatic heterocycles. The maximum absolute atomic E-state index is 12.5. The van der Waals surface area contributed by atoms with Gasteiger partial charge in [0.15, 0.2) is 0 Å². The fourth-order valence-corrected chi connectivity index (χ4v) is 3.85. The van der Waals surface area contributed by atoms with Crippen molar-refractivity contribution >= 4 is 31.6 Å². The summed E-state index contributed by atoms with van der Waals surface area (Å²) in [5.41, 5.74) is 6.06. The van der Waals surface area contributed by atoms with E-state index in [9.17, 15) is 8.42 Å². The summed E-state index contributed by atoms with van der Waals surface area (Å²) < 4.78 is 32.1. The molecular weight excluding hydrogens is 344 g/mol. The number of nitrogens with two attached hydrogens (primary N) is 1. The van der Waals surface area contributed by atoms with Crippen LogP contribution in [0.25, 0.3) is 0 Å². The van der Waals surface area contributed by atoms with Crippen LogP contribution in [0.4, 0.5) is 5.69 Å². The van der Waals surface area contributed by atoms with E-state index in [1.54, 1.807) is 24.3 Å². The molecule has 0 unspecified atom stereocenters. The number of halogens is 1. The van der Waals surface area contributed by atoms with Gasteiger partial charge in [0, 0.05) is 17.2 Å². The van der Waals surface area contributed by atoms with Gasteiger partial charge < -0.3 is 10.2 Å². The topological polar surface area (TPSA) is 76.5 Å². The first-order chi connectivity index (χ1) is 9.30. The molecule has 0 amide bonds. The molecule has 1 aromatic heterocycles. The van der Waals surface area contributed by atoms with Crippen LogP contribution in [-0.2, 0) is 16.6 Å². The molecule has 7 heteroatoms. The van der Waals surface area contributed by atoms with E-state index in [0.717, 1.165) is 5.76 Å². The normalized spacial score (nSPS) is 12.0. The lowest BCUT2D eigenvalue weighted by Crippen LogP contribution is -2.26. The van der Waals surface area contributed by atoms with Crippen LogP contribution in [-0.4, -0.2) is 19.8 Å². The molecule has 0 aliphatic carbocycles. The van der Waals surface area contributed by atoms with Gasteiger partial charge in [-0.1, -0.05) is 0 Å². The Morgan fingerprint density at radius 3 is 2.60 bits per heavy atom. The number of nitrogens with zero attached hydrogens (tertiary/aromatic N) is 1. The molecule has 0 bridgehead atoms. The van der Waals surface area contributed by atoms with Gasteiger partial charge in [0.25, 0.3) is 0 Å². The minimum Gasteiger partial charge on any atom is -0.465 e. The van der Waals surface area contributed by atoms with Gasteiger partial charge in [-0.15, -0.1) is 0 Å². The first-order valence-electron chi connectivity index (χ1n) is 5.87. The summed E-state index contributed by atoms with van der Waals surface area (Å²) in [4.78, 5) is 0.142. The smallest absolute Gasteiger partial charge is 0.244 e. The Morgan fingerprint density at radius 1 is 1.30 bits per heavy atom. The van der Waals surface area contributed by atoms with Crippen LogP contribution in [0, 0.1) is 6.92 Å². The number of hydrogen-bond acceptors (Lipinski definition) is 4. The molecule has 0 spiro atoms. The van der Waals surface area contributed by atoms with Crippen LogP contribution in [0.3, 0.4) is 0 Å². The fraction of sp³-hybridized carbons (Fsp3) is 0.231. The molecule has 2 rings (SSSR count). The average Bonchev–Trinajstić information content (AvgIpc) is 2.77. The molecule has 2 aromatic rings. The SMILES string of the molecule is Cc1ccc(CN(C)S(=O)(=O)c2cc(N)ccc2Br)o1. The third kappa shape index (κ3) is 3.05. The number of sulfonamides is 1. The molecule has 0 saturated carbocycles. The highest BCUT2D eigenvalue weighted by Crippen LogP contribution is 2.27. The van der Waals surface area contributed by atoms with Gasteiger partial charge in [0.1, 0.15) is 11.5 Å². The number of benzene rings is 1. The van der Waals surface area contributed by atoms with Crippen LogP contribution in [0.15, 0.2) is 44.1 Å². The van der Waals surface area contributed by atoms with Crippen LogP contribution < -0.4 is 5.73 Å².